The summed E-state index contributed by atoms with van der Waals surface area (Å²) in [4.78, 5) is 0. The Labute approximate surface area is 206 Å². The quantitative estimate of drug-likeness (QED) is 0.0718. The fourth-order valence-electron chi connectivity index (χ4n) is 4.44. The second kappa shape index (κ2) is 25.4. The minimum atomic E-state index is -1.84. The monoisotopic (exact) mass is 494 g/mol. The van der Waals surface area contributed by atoms with Crippen molar-refractivity contribution in [2.75, 3.05) is 6.61 Å². The number of rotatable bonds is 26. The van der Waals surface area contributed by atoms with Gasteiger partial charge in [0.2, 0.25) is 6.69 Å². The molecule has 0 aliphatic rings. The third kappa shape index (κ3) is 30.8. The summed E-state index contributed by atoms with van der Waals surface area (Å²) >= 11 is 12.3. The highest BCUT2D eigenvalue weighted by atomic mass is 35.7. The van der Waals surface area contributed by atoms with E-state index in [1.165, 1.54) is 148 Å². The number of aliphatic hydroxyl groups is 1. The van der Waals surface area contributed by atoms with Crippen molar-refractivity contribution < 1.29 is 5.11 Å². The fourth-order valence-corrected chi connectivity index (χ4v) is 6.11. The molecular formula is C27H56Cl2OSi. The van der Waals surface area contributed by atoms with Crippen molar-refractivity contribution >= 4 is 28.9 Å². The maximum Gasteiger partial charge on any atom is 0.248 e. The van der Waals surface area contributed by atoms with E-state index in [0.29, 0.717) is 6.61 Å². The summed E-state index contributed by atoms with van der Waals surface area (Å²) < 4.78 is 0. The Morgan fingerprint density at radius 3 is 0.774 bits per heavy atom. The van der Waals surface area contributed by atoms with Crippen LogP contribution in [0.5, 0.6) is 0 Å². The summed E-state index contributed by atoms with van der Waals surface area (Å²) in [5.74, 6) is 0. The maximum absolute atomic E-state index is 8.75. The second-order valence-corrected chi connectivity index (χ2v) is 18.3. The number of hydrogen-bond acceptors (Lipinski definition) is 1. The van der Waals surface area contributed by atoms with Crippen LogP contribution in [0.4, 0.5) is 0 Å². The van der Waals surface area contributed by atoms with Gasteiger partial charge in [0.25, 0.3) is 0 Å². The summed E-state index contributed by atoms with van der Waals surface area (Å²) in [6, 6.07) is 1.06. The summed E-state index contributed by atoms with van der Waals surface area (Å²) in [6.45, 7) is 0.564. The van der Waals surface area contributed by atoms with Crippen molar-refractivity contribution in [3.63, 3.8) is 0 Å². The molecule has 0 unspecified atom stereocenters. The lowest BCUT2D eigenvalue weighted by molar-refractivity contribution is 0.282. The molecule has 31 heavy (non-hydrogen) atoms. The number of unbranched alkanes of at least 4 members (excludes halogenated alkanes) is 23. The molecule has 188 valence electrons. The molecular weight excluding hydrogens is 439 g/mol. The normalized spacial score (nSPS) is 12.0. The Hall–Kier alpha value is 0.757. The predicted molar refractivity (Wildman–Crippen MR) is 146 cm³/mol. The first-order valence-corrected chi connectivity index (χ1v) is 18.8. The van der Waals surface area contributed by atoms with Crippen LogP contribution in [-0.2, 0) is 0 Å². The van der Waals surface area contributed by atoms with Gasteiger partial charge in [0.05, 0.1) is 0 Å². The van der Waals surface area contributed by atoms with Crippen LogP contribution in [0.1, 0.15) is 154 Å². The molecule has 0 aromatic rings. The highest BCUT2D eigenvalue weighted by molar-refractivity contribution is 7.44. The molecule has 0 bridgehead atoms. The van der Waals surface area contributed by atoms with E-state index in [-0.39, 0.29) is 0 Å². The van der Waals surface area contributed by atoms with Crippen molar-refractivity contribution in [1.82, 2.24) is 0 Å². The van der Waals surface area contributed by atoms with Crippen LogP contribution in [0.25, 0.3) is 0 Å². The van der Waals surface area contributed by atoms with E-state index >= 15 is 0 Å². The average Bonchev–Trinajstić information content (AvgIpc) is 2.73. The van der Waals surface area contributed by atoms with Gasteiger partial charge in [-0.25, -0.2) is 0 Å². The predicted octanol–water partition coefficient (Wildman–Crippen LogP) is 10.9. The Balaban J connectivity index is 3.02. The Kier molecular flexibility index (Phi) is 26.0. The standard InChI is InChI=1S/C27H56Cl2OSi/c1-31(28,29)27-25-23-21-19-17-15-13-11-9-7-5-3-2-4-6-8-10-12-14-16-18-20-22-24-26-30/h30H,2-27H2,1H3. The SMILES string of the molecule is C[Si](Cl)(Cl)CCCCCCCCCCCCCCCCCCCCCCCCCCO. The van der Waals surface area contributed by atoms with Crippen LogP contribution >= 0.6 is 22.2 Å². The van der Waals surface area contributed by atoms with E-state index in [4.69, 9.17) is 27.3 Å². The van der Waals surface area contributed by atoms with Crippen LogP contribution in [0.15, 0.2) is 0 Å². The molecule has 0 atom stereocenters. The lowest BCUT2D eigenvalue weighted by Crippen LogP contribution is -2.11. The van der Waals surface area contributed by atoms with Gasteiger partial charge in [0.15, 0.2) is 0 Å². The van der Waals surface area contributed by atoms with Crippen LogP contribution in [0.3, 0.4) is 0 Å². The molecule has 0 spiro atoms. The molecule has 0 heterocycles. The highest BCUT2D eigenvalue weighted by Gasteiger charge is 2.19. The van der Waals surface area contributed by atoms with Gasteiger partial charge < -0.3 is 5.11 Å². The highest BCUT2D eigenvalue weighted by Crippen LogP contribution is 2.23. The lowest BCUT2D eigenvalue weighted by Gasteiger charge is -2.09. The van der Waals surface area contributed by atoms with Crippen LogP contribution in [0, 0.1) is 0 Å². The van der Waals surface area contributed by atoms with Gasteiger partial charge in [-0.3, -0.25) is 0 Å². The molecule has 0 aromatic carbocycles. The first-order chi connectivity index (χ1) is 15.1. The van der Waals surface area contributed by atoms with Gasteiger partial charge in [0.1, 0.15) is 0 Å². The molecule has 1 N–H and O–H groups in total. The minimum Gasteiger partial charge on any atom is -0.396 e. The zero-order chi connectivity index (χ0) is 22.9. The number of halogens is 2. The molecule has 0 aliphatic carbocycles. The fraction of sp³-hybridized carbons (Fsp3) is 1.00. The molecule has 0 radical (unpaired) electrons. The Bertz CT molecular complexity index is 334. The van der Waals surface area contributed by atoms with Crippen molar-refractivity contribution in [3.8, 4) is 0 Å². The zero-order valence-corrected chi connectivity index (χ0v) is 23.6. The van der Waals surface area contributed by atoms with Gasteiger partial charge in [-0.15, -0.1) is 22.2 Å². The zero-order valence-electron chi connectivity index (χ0n) is 21.1. The van der Waals surface area contributed by atoms with Gasteiger partial charge in [0, 0.05) is 6.61 Å². The Morgan fingerprint density at radius 1 is 0.387 bits per heavy atom. The van der Waals surface area contributed by atoms with Crippen LogP contribution < -0.4 is 0 Å². The van der Waals surface area contributed by atoms with E-state index in [2.05, 4.69) is 0 Å². The van der Waals surface area contributed by atoms with E-state index < -0.39 is 6.69 Å². The summed E-state index contributed by atoms with van der Waals surface area (Å²) in [5.41, 5.74) is 0. The van der Waals surface area contributed by atoms with Gasteiger partial charge in [-0.2, -0.15) is 0 Å². The van der Waals surface area contributed by atoms with E-state index in [0.717, 1.165) is 12.5 Å². The summed E-state index contributed by atoms with van der Waals surface area (Å²) in [5, 5.41) is 8.75. The minimum absolute atomic E-state index is 0.369. The average molecular weight is 496 g/mol. The van der Waals surface area contributed by atoms with Gasteiger partial charge >= 0.3 is 0 Å². The molecule has 0 amide bonds. The van der Waals surface area contributed by atoms with Crippen LogP contribution in [0.2, 0.25) is 12.6 Å². The Morgan fingerprint density at radius 2 is 0.581 bits per heavy atom. The molecule has 0 rings (SSSR count). The van der Waals surface area contributed by atoms with Crippen molar-refractivity contribution in [1.29, 1.82) is 0 Å². The first kappa shape index (κ1) is 31.8. The molecule has 0 aromatic heterocycles. The van der Waals surface area contributed by atoms with E-state index in [9.17, 15) is 0 Å². The molecule has 0 saturated heterocycles. The van der Waals surface area contributed by atoms with Gasteiger partial charge in [-0.1, -0.05) is 148 Å². The van der Waals surface area contributed by atoms with Crippen molar-refractivity contribution in [3.05, 3.63) is 0 Å². The van der Waals surface area contributed by atoms with Gasteiger partial charge in [-0.05, 0) is 19.0 Å². The van der Waals surface area contributed by atoms with Crippen molar-refractivity contribution in [2.24, 2.45) is 0 Å². The maximum atomic E-state index is 8.75. The van der Waals surface area contributed by atoms with E-state index in [1.807, 2.05) is 6.55 Å². The van der Waals surface area contributed by atoms with Crippen LogP contribution in [-0.4, -0.2) is 18.4 Å². The smallest absolute Gasteiger partial charge is 0.248 e. The second-order valence-electron chi connectivity index (χ2n) is 10.0. The molecule has 1 nitrogen and oxygen atoms in total. The topological polar surface area (TPSA) is 20.2 Å². The summed E-state index contributed by atoms with van der Waals surface area (Å²) in [6.07, 6.45) is 33.3. The largest absolute Gasteiger partial charge is 0.396 e. The molecule has 0 fully saturated rings. The lowest BCUT2D eigenvalue weighted by atomic mass is 10.0. The van der Waals surface area contributed by atoms with Crippen molar-refractivity contribution in [2.45, 2.75) is 167 Å². The number of hydrogen-bond donors (Lipinski definition) is 1. The number of aliphatic hydroxyl groups excluding tert-OH is 1. The van der Waals surface area contributed by atoms with E-state index in [1.54, 1.807) is 0 Å². The molecule has 4 heteroatoms. The molecule has 0 aliphatic heterocycles. The molecule has 0 saturated carbocycles. The third-order valence-corrected chi connectivity index (χ3v) is 8.89. The summed E-state index contributed by atoms with van der Waals surface area (Å²) in [7, 11) is 0. The first-order valence-electron chi connectivity index (χ1n) is 14.0. The third-order valence-electron chi connectivity index (χ3n) is 6.52.